The molecular weight excluding hydrogens is 256 g/mol. The zero-order chi connectivity index (χ0) is 14.5. The lowest BCUT2D eigenvalue weighted by Gasteiger charge is -2.08. The highest BCUT2D eigenvalue weighted by molar-refractivity contribution is 5.77. The molecule has 1 aromatic heterocycles. The first kappa shape index (κ1) is 14.2. The van der Waals surface area contributed by atoms with E-state index in [1.807, 2.05) is 38.1 Å². The van der Waals surface area contributed by atoms with Gasteiger partial charge in [-0.2, -0.15) is 0 Å². The Morgan fingerprint density at radius 2 is 2.20 bits per heavy atom. The first-order valence-corrected chi connectivity index (χ1v) is 6.44. The lowest BCUT2D eigenvalue weighted by Crippen LogP contribution is -2.32. The predicted octanol–water partition coefficient (Wildman–Crippen LogP) is 1.44. The molecule has 106 valence electrons. The largest absolute Gasteiger partial charge is 0.419 e. The summed E-state index contributed by atoms with van der Waals surface area (Å²) in [6.45, 7) is 4.09. The number of carbonyl (C=O) groups excluding carboxylic acids is 1. The van der Waals surface area contributed by atoms with Gasteiger partial charge in [-0.1, -0.05) is 17.7 Å². The molecule has 0 unspecified atom stereocenters. The number of rotatable bonds is 5. The molecule has 0 radical (unpaired) electrons. The second-order valence-electron chi connectivity index (χ2n) is 4.59. The number of hydrogen-bond acceptors (Lipinski definition) is 5. The van der Waals surface area contributed by atoms with Crippen LogP contribution in [0.4, 0.5) is 0 Å². The molecule has 0 spiro atoms. The maximum Gasteiger partial charge on any atom is 0.247 e. The van der Waals surface area contributed by atoms with Crippen LogP contribution in [0.3, 0.4) is 0 Å². The van der Waals surface area contributed by atoms with Crippen molar-refractivity contribution in [2.75, 3.05) is 13.6 Å². The number of benzene rings is 1. The highest BCUT2D eigenvalue weighted by atomic mass is 16.4. The Balaban J connectivity index is 2.07. The molecule has 1 amide bonds. The van der Waals surface area contributed by atoms with Crippen LogP contribution in [0.25, 0.3) is 11.5 Å². The maximum atomic E-state index is 11.2. The normalized spacial score (nSPS) is 12.2. The molecule has 2 rings (SSSR count). The number of amides is 1. The van der Waals surface area contributed by atoms with E-state index in [9.17, 15) is 4.79 Å². The highest BCUT2D eigenvalue weighted by Crippen LogP contribution is 2.21. The lowest BCUT2D eigenvalue weighted by atomic mass is 10.1. The van der Waals surface area contributed by atoms with Crippen LogP contribution in [0.1, 0.15) is 24.4 Å². The minimum absolute atomic E-state index is 0.0877. The van der Waals surface area contributed by atoms with Crippen LogP contribution >= 0.6 is 0 Å². The van der Waals surface area contributed by atoms with Crippen molar-refractivity contribution in [3.05, 3.63) is 35.7 Å². The van der Waals surface area contributed by atoms with Crippen molar-refractivity contribution in [1.29, 1.82) is 0 Å². The minimum Gasteiger partial charge on any atom is -0.419 e. The second kappa shape index (κ2) is 6.29. The van der Waals surface area contributed by atoms with E-state index in [-0.39, 0.29) is 18.5 Å². The van der Waals surface area contributed by atoms with Crippen LogP contribution < -0.4 is 10.6 Å². The molecule has 1 aromatic carbocycles. The summed E-state index contributed by atoms with van der Waals surface area (Å²) in [5.74, 6) is 0.859. The Kier molecular flexibility index (Phi) is 4.47. The summed E-state index contributed by atoms with van der Waals surface area (Å²) in [5.41, 5.74) is 2.02. The van der Waals surface area contributed by atoms with Crippen molar-refractivity contribution in [2.24, 2.45) is 0 Å². The van der Waals surface area contributed by atoms with Gasteiger partial charge < -0.3 is 9.73 Å². The zero-order valence-electron chi connectivity index (χ0n) is 11.8. The van der Waals surface area contributed by atoms with Crippen molar-refractivity contribution >= 4 is 5.91 Å². The molecule has 0 aliphatic carbocycles. The second-order valence-corrected chi connectivity index (χ2v) is 4.59. The highest BCUT2D eigenvalue weighted by Gasteiger charge is 2.15. The number of likely N-dealkylation sites (N-methyl/N-ethyl adjacent to an activating group) is 1. The van der Waals surface area contributed by atoms with Gasteiger partial charge in [0.1, 0.15) is 0 Å². The molecule has 1 heterocycles. The molecule has 0 aliphatic heterocycles. The van der Waals surface area contributed by atoms with Crippen LogP contribution in [0.5, 0.6) is 0 Å². The average molecular weight is 274 g/mol. The van der Waals surface area contributed by atoms with E-state index in [2.05, 4.69) is 20.8 Å². The van der Waals surface area contributed by atoms with Crippen molar-refractivity contribution < 1.29 is 9.21 Å². The third-order valence-electron chi connectivity index (χ3n) is 2.92. The summed E-state index contributed by atoms with van der Waals surface area (Å²) >= 11 is 0. The van der Waals surface area contributed by atoms with Crippen LogP contribution in [0, 0.1) is 6.92 Å². The van der Waals surface area contributed by atoms with Crippen LogP contribution in [0.15, 0.2) is 28.7 Å². The number of nitrogens with one attached hydrogen (secondary N) is 2. The van der Waals surface area contributed by atoms with E-state index < -0.39 is 0 Å². The molecule has 0 saturated carbocycles. The van der Waals surface area contributed by atoms with Gasteiger partial charge in [0.25, 0.3) is 0 Å². The van der Waals surface area contributed by atoms with Crippen molar-refractivity contribution in [2.45, 2.75) is 19.9 Å². The van der Waals surface area contributed by atoms with Gasteiger partial charge in [-0.15, -0.1) is 10.2 Å². The van der Waals surface area contributed by atoms with Gasteiger partial charge in [-0.05, 0) is 26.0 Å². The lowest BCUT2D eigenvalue weighted by molar-refractivity contribution is -0.119. The summed E-state index contributed by atoms with van der Waals surface area (Å²) < 4.78 is 5.64. The molecule has 2 N–H and O–H groups in total. The molecule has 0 fully saturated rings. The fourth-order valence-electron chi connectivity index (χ4n) is 1.73. The van der Waals surface area contributed by atoms with E-state index in [1.165, 1.54) is 0 Å². The fraction of sp³-hybridized carbons (Fsp3) is 0.357. The monoisotopic (exact) mass is 274 g/mol. The Morgan fingerprint density at radius 1 is 1.40 bits per heavy atom. The third-order valence-corrected chi connectivity index (χ3v) is 2.92. The smallest absolute Gasteiger partial charge is 0.247 e. The molecule has 2 aromatic rings. The first-order valence-electron chi connectivity index (χ1n) is 6.44. The molecular formula is C14H18N4O2. The Hall–Kier alpha value is -2.21. The van der Waals surface area contributed by atoms with E-state index in [1.54, 1.807) is 7.05 Å². The quantitative estimate of drug-likeness (QED) is 0.862. The number of carbonyl (C=O) groups is 1. The summed E-state index contributed by atoms with van der Waals surface area (Å²) in [7, 11) is 1.59. The maximum absolute atomic E-state index is 11.2. The van der Waals surface area contributed by atoms with Gasteiger partial charge in [0.05, 0.1) is 12.6 Å². The molecule has 0 aliphatic rings. The number of hydrogen-bond donors (Lipinski definition) is 2. The van der Waals surface area contributed by atoms with Gasteiger partial charge in [0, 0.05) is 12.6 Å². The van der Waals surface area contributed by atoms with Crippen LogP contribution in [-0.2, 0) is 4.79 Å². The van der Waals surface area contributed by atoms with Gasteiger partial charge in [0.15, 0.2) is 0 Å². The number of nitrogens with zero attached hydrogens (tertiary/aromatic N) is 2. The molecule has 6 nitrogen and oxygen atoms in total. The molecule has 6 heteroatoms. The Bertz CT molecular complexity index is 594. The SMILES string of the molecule is CNC(=O)CN[C@H](C)c1nnc(-c2cccc(C)c2)o1. The zero-order valence-corrected chi connectivity index (χ0v) is 11.8. The summed E-state index contributed by atoms with van der Waals surface area (Å²) in [5, 5.41) is 13.6. The molecule has 1 atom stereocenters. The first-order chi connectivity index (χ1) is 9.60. The predicted molar refractivity (Wildman–Crippen MR) is 75.0 cm³/mol. The van der Waals surface area contributed by atoms with Gasteiger partial charge >= 0.3 is 0 Å². The number of aromatic nitrogens is 2. The molecule has 0 saturated heterocycles. The van der Waals surface area contributed by atoms with Gasteiger partial charge in [-0.3, -0.25) is 10.1 Å². The van der Waals surface area contributed by atoms with Crippen LogP contribution in [-0.4, -0.2) is 29.7 Å². The summed E-state index contributed by atoms with van der Waals surface area (Å²) in [6.07, 6.45) is 0. The van der Waals surface area contributed by atoms with Crippen molar-refractivity contribution in [3.8, 4) is 11.5 Å². The topological polar surface area (TPSA) is 80.0 Å². The van der Waals surface area contributed by atoms with Gasteiger partial charge in [-0.25, -0.2) is 0 Å². The van der Waals surface area contributed by atoms with E-state index in [0.29, 0.717) is 11.8 Å². The Morgan fingerprint density at radius 3 is 2.90 bits per heavy atom. The number of aryl methyl sites for hydroxylation is 1. The average Bonchev–Trinajstić information content (AvgIpc) is 2.94. The minimum atomic E-state index is -0.182. The third kappa shape index (κ3) is 3.42. The summed E-state index contributed by atoms with van der Waals surface area (Å²) in [4.78, 5) is 11.2. The van der Waals surface area contributed by atoms with Crippen molar-refractivity contribution in [1.82, 2.24) is 20.8 Å². The molecule has 20 heavy (non-hydrogen) atoms. The molecule has 0 bridgehead atoms. The van der Waals surface area contributed by atoms with Gasteiger partial charge in [0.2, 0.25) is 17.7 Å². The Labute approximate surface area is 117 Å². The van der Waals surface area contributed by atoms with Crippen molar-refractivity contribution in [3.63, 3.8) is 0 Å². The summed E-state index contributed by atoms with van der Waals surface area (Å²) in [6, 6.07) is 7.68. The fourth-order valence-corrected chi connectivity index (χ4v) is 1.73. The van der Waals surface area contributed by atoms with E-state index in [0.717, 1.165) is 11.1 Å². The van der Waals surface area contributed by atoms with E-state index >= 15 is 0 Å². The van der Waals surface area contributed by atoms with Crippen LogP contribution in [0.2, 0.25) is 0 Å². The standard InChI is InChI=1S/C14H18N4O2/c1-9-5-4-6-11(7-9)14-18-17-13(20-14)10(2)16-8-12(19)15-3/h4-7,10,16H,8H2,1-3H3,(H,15,19)/t10-/m1/s1. The van der Waals surface area contributed by atoms with E-state index in [4.69, 9.17) is 4.42 Å².